The first-order valence-electron chi connectivity index (χ1n) is 9.10. The van der Waals surface area contributed by atoms with Crippen LogP contribution in [-0.4, -0.2) is 24.0 Å². The molecule has 3 aromatic rings. The van der Waals surface area contributed by atoms with Crippen LogP contribution >= 0.6 is 51.3 Å². The second-order valence-electron chi connectivity index (χ2n) is 6.38. The molecule has 3 N–H and O–H groups in total. The van der Waals surface area contributed by atoms with E-state index in [1.54, 1.807) is 60.7 Å². The molecule has 0 aliphatic carbocycles. The zero-order valence-corrected chi connectivity index (χ0v) is 20.5. The number of benzene rings is 3. The van der Waals surface area contributed by atoms with E-state index in [0.717, 1.165) is 0 Å². The summed E-state index contributed by atoms with van der Waals surface area (Å²) in [5.74, 6) is -0.438. The van der Waals surface area contributed by atoms with Crippen molar-refractivity contribution in [3.8, 4) is 5.75 Å². The summed E-state index contributed by atoms with van der Waals surface area (Å²) in [5, 5.41) is 8.96. The molecule has 2 amide bonds. The number of methoxy groups -OCH3 is 1. The van der Waals surface area contributed by atoms with Crippen molar-refractivity contribution < 1.29 is 14.3 Å². The molecule has 0 aromatic heterocycles. The molecule has 0 saturated heterocycles. The Morgan fingerprint density at radius 2 is 1.62 bits per heavy atom. The Bertz CT molecular complexity index is 1210. The first-order chi connectivity index (χ1) is 15.3. The third-order valence-electron chi connectivity index (χ3n) is 4.23. The smallest absolute Gasteiger partial charge is 0.258 e. The van der Waals surface area contributed by atoms with Gasteiger partial charge in [0.1, 0.15) is 5.75 Å². The standard InChI is InChI=1S/C22H16BrCl2N3O3S/c1-31-19-11-13(7-9-18(19)27-20(29)14-4-2-3-5-16(14)24)26-22(32)28-21(30)15-10-12(23)6-8-17(15)25/h2-11H,1H3,(H,27,29)(H2,26,28,30,32). The van der Waals surface area contributed by atoms with Gasteiger partial charge in [0.05, 0.1) is 34.0 Å². The highest BCUT2D eigenvalue weighted by molar-refractivity contribution is 9.10. The number of nitrogens with one attached hydrogen (secondary N) is 3. The van der Waals surface area contributed by atoms with Gasteiger partial charge < -0.3 is 15.4 Å². The van der Waals surface area contributed by atoms with Gasteiger partial charge in [-0.25, -0.2) is 0 Å². The average Bonchev–Trinajstić information content (AvgIpc) is 2.76. The molecule has 164 valence electrons. The second kappa shape index (κ2) is 10.8. The molecule has 0 saturated carbocycles. The molecule has 0 unspecified atom stereocenters. The number of rotatable bonds is 5. The second-order valence-corrected chi connectivity index (χ2v) is 8.52. The monoisotopic (exact) mass is 551 g/mol. The Labute approximate surface area is 208 Å². The molecule has 6 nitrogen and oxygen atoms in total. The predicted molar refractivity (Wildman–Crippen MR) is 135 cm³/mol. The maximum Gasteiger partial charge on any atom is 0.258 e. The highest BCUT2D eigenvalue weighted by atomic mass is 79.9. The Balaban J connectivity index is 1.69. The summed E-state index contributed by atoms with van der Waals surface area (Å²) in [7, 11) is 1.47. The van der Waals surface area contributed by atoms with Crippen molar-refractivity contribution in [1.29, 1.82) is 0 Å². The molecule has 0 spiro atoms. The number of hydrogen-bond donors (Lipinski definition) is 3. The SMILES string of the molecule is COc1cc(NC(=S)NC(=O)c2cc(Br)ccc2Cl)ccc1NC(=O)c1ccccc1Cl. The van der Waals surface area contributed by atoms with E-state index in [0.29, 0.717) is 37.2 Å². The zero-order valence-electron chi connectivity index (χ0n) is 16.5. The number of carbonyl (C=O) groups excluding carboxylic acids is 2. The van der Waals surface area contributed by atoms with Crippen LogP contribution < -0.4 is 20.7 Å². The lowest BCUT2D eigenvalue weighted by Gasteiger charge is -2.14. The van der Waals surface area contributed by atoms with Gasteiger partial charge in [-0.1, -0.05) is 51.3 Å². The zero-order chi connectivity index (χ0) is 23.3. The highest BCUT2D eigenvalue weighted by Crippen LogP contribution is 2.29. The Kier molecular flexibility index (Phi) is 8.09. The maximum absolute atomic E-state index is 12.5. The molecule has 0 aliphatic heterocycles. The van der Waals surface area contributed by atoms with E-state index in [4.69, 9.17) is 40.2 Å². The van der Waals surface area contributed by atoms with Crippen molar-refractivity contribution in [3.05, 3.63) is 86.3 Å². The van der Waals surface area contributed by atoms with Gasteiger partial charge in [0.2, 0.25) is 0 Å². The summed E-state index contributed by atoms with van der Waals surface area (Å²) >= 11 is 20.7. The summed E-state index contributed by atoms with van der Waals surface area (Å²) in [5.41, 5.74) is 1.61. The topological polar surface area (TPSA) is 79.5 Å². The third kappa shape index (κ3) is 5.98. The normalized spacial score (nSPS) is 10.2. The molecular formula is C22H16BrCl2N3O3S. The molecule has 0 radical (unpaired) electrons. The van der Waals surface area contributed by atoms with Gasteiger partial charge in [0.15, 0.2) is 5.11 Å². The number of thiocarbonyl (C=S) groups is 1. The van der Waals surface area contributed by atoms with E-state index >= 15 is 0 Å². The van der Waals surface area contributed by atoms with Crippen LogP contribution in [0.1, 0.15) is 20.7 Å². The third-order valence-corrected chi connectivity index (χ3v) is 5.58. The minimum Gasteiger partial charge on any atom is -0.494 e. The summed E-state index contributed by atoms with van der Waals surface area (Å²) in [4.78, 5) is 25.0. The maximum atomic E-state index is 12.5. The fourth-order valence-corrected chi connectivity index (χ4v) is 3.71. The molecule has 0 fully saturated rings. The molecule has 0 aliphatic rings. The van der Waals surface area contributed by atoms with Crippen molar-refractivity contribution >= 4 is 79.7 Å². The van der Waals surface area contributed by atoms with Gasteiger partial charge in [-0.2, -0.15) is 0 Å². The Morgan fingerprint density at radius 3 is 2.34 bits per heavy atom. The summed E-state index contributed by atoms with van der Waals surface area (Å²) in [6.45, 7) is 0. The number of hydrogen-bond acceptors (Lipinski definition) is 4. The number of amides is 2. The Hall–Kier alpha value is -2.65. The first-order valence-corrected chi connectivity index (χ1v) is 11.1. The van der Waals surface area contributed by atoms with Crippen LogP contribution in [0.2, 0.25) is 10.0 Å². The summed E-state index contributed by atoms with van der Waals surface area (Å²) < 4.78 is 6.09. The first kappa shape index (κ1) is 24.0. The number of anilines is 2. The van der Waals surface area contributed by atoms with Crippen LogP contribution in [0.3, 0.4) is 0 Å². The van der Waals surface area contributed by atoms with Gasteiger partial charge in [0, 0.05) is 16.2 Å². The largest absolute Gasteiger partial charge is 0.494 e. The van der Waals surface area contributed by atoms with E-state index in [9.17, 15) is 9.59 Å². The number of halogens is 3. The van der Waals surface area contributed by atoms with E-state index in [1.807, 2.05) is 0 Å². The predicted octanol–water partition coefficient (Wildman–Crippen LogP) is 6.14. The highest BCUT2D eigenvalue weighted by Gasteiger charge is 2.15. The lowest BCUT2D eigenvalue weighted by atomic mass is 10.2. The minimum absolute atomic E-state index is 0.0703. The van der Waals surface area contributed by atoms with Crippen molar-refractivity contribution in [1.82, 2.24) is 5.32 Å². The van der Waals surface area contributed by atoms with Crippen LogP contribution in [0, 0.1) is 0 Å². The van der Waals surface area contributed by atoms with E-state index < -0.39 is 5.91 Å². The molecule has 10 heteroatoms. The van der Waals surface area contributed by atoms with Gasteiger partial charge in [0.25, 0.3) is 11.8 Å². The molecular weight excluding hydrogens is 537 g/mol. The van der Waals surface area contributed by atoms with E-state index in [-0.39, 0.29) is 16.6 Å². The summed E-state index contributed by atoms with van der Waals surface area (Å²) in [6, 6.07) is 16.6. The van der Waals surface area contributed by atoms with Crippen LogP contribution in [0.25, 0.3) is 0 Å². The lowest BCUT2D eigenvalue weighted by Crippen LogP contribution is -2.34. The fraction of sp³-hybridized carbons (Fsp3) is 0.0455. The number of carbonyl (C=O) groups is 2. The van der Waals surface area contributed by atoms with Crippen molar-refractivity contribution in [2.24, 2.45) is 0 Å². The van der Waals surface area contributed by atoms with Crippen LogP contribution in [-0.2, 0) is 0 Å². The Morgan fingerprint density at radius 1 is 0.906 bits per heavy atom. The fourth-order valence-electron chi connectivity index (χ4n) is 2.71. The molecule has 3 aromatic carbocycles. The van der Waals surface area contributed by atoms with Gasteiger partial charge in [-0.15, -0.1) is 0 Å². The average molecular weight is 553 g/mol. The molecule has 0 bridgehead atoms. The van der Waals surface area contributed by atoms with Gasteiger partial charge in [-0.3, -0.25) is 14.9 Å². The van der Waals surface area contributed by atoms with E-state index in [2.05, 4.69) is 31.9 Å². The van der Waals surface area contributed by atoms with Crippen molar-refractivity contribution in [2.45, 2.75) is 0 Å². The van der Waals surface area contributed by atoms with E-state index in [1.165, 1.54) is 7.11 Å². The molecule has 0 heterocycles. The van der Waals surface area contributed by atoms with Crippen LogP contribution in [0.15, 0.2) is 65.1 Å². The number of ether oxygens (including phenoxy) is 1. The molecule has 3 rings (SSSR count). The summed E-state index contributed by atoms with van der Waals surface area (Å²) in [6.07, 6.45) is 0. The lowest BCUT2D eigenvalue weighted by molar-refractivity contribution is 0.0976. The minimum atomic E-state index is -0.454. The van der Waals surface area contributed by atoms with Crippen LogP contribution in [0.4, 0.5) is 11.4 Å². The molecule has 0 atom stereocenters. The van der Waals surface area contributed by atoms with Crippen molar-refractivity contribution in [2.75, 3.05) is 17.7 Å². The van der Waals surface area contributed by atoms with Crippen LogP contribution in [0.5, 0.6) is 5.75 Å². The quantitative estimate of drug-likeness (QED) is 0.331. The van der Waals surface area contributed by atoms with Gasteiger partial charge >= 0.3 is 0 Å². The van der Waals surface area contributed by atoms with Gasteiger partial charge in [-0.05, 0) is 54.7 Å². The van der Waals surface area contributed by atoms with Crippen molar-refractivity contribution in [3.63, 3.8) is 0 Å². The molecule has 32 heavy (non-hydrogen) atoms.